The molecule has 2 amide bonds. The first kappa shape index (κ1) is 30.1. The van der Waals surface area contributed by atoms with Gasteiger partial charge in [0.25, 0.3) is 8.32 Å². The molecule has 0 aromatic heterocycles. The number of rotatable bonds is 11. The van der Waals surface area contributed by atoms with Crippen molar-refractivity contribution in [2.75, 3.05) is 13.2 Å². The smallest absolute Gasteiger partial charge is 0.416 e. The summed E-state index contributed by atoms with van der Waals surface area (Å²) in [4.78, 5) is 26.5. The maximum atomic E-state index is 13.1. The van der Waals surface area contributed by atoms with E-state index < -0.39 is 26.4 Å². The lowest BCUT2D eigenvalue weighted by atomic mass is 9.94. The molecule has 1 N–H and O–H groups in total. The van der Waals surface area contributed by atoms with E-state index in [1.54, 1.807) is 6.92 Å². The topological polar surface area (TPSA) is 76.1 Å². The highest BCUT2D eigenvalue weighted by Crippen LogP contribution is 2.37. The third kappa shape index (κ3) is 6.38. The fraction of sp³-hybridized carbons (Fsp3) is 0.548. The van der Waals surface area contributed by atoms with Crippen molar-refractivity contribution in [2.24, 2.45) is 17.8 Å². The molecule has 0 spiro atoms. The van der Waals surface area contributed by atoms with Gasteiger partial charge in [0, 0.05) is 6.61 Å². The van der Waals surface area contributed by atoms with Crippen molar-refractivity contribution in [2.45, 2.75) is 78.5 Å². The minimum Gasteiger partial charge on any atom is -0.447 e. The quantitative estimate of drug-likeness (QED) is 0.408. The third-order valence-electron chi connectivity index (χ3n) is 7.84. The Morgan fingerprint density at radius 1 is 1.00 bits per heavy atom. The molecule has 6 nitrogen and oxygen atoms in total. The van der Waals surface area contributed by atoms with Crippen LogP contribution in [0.1, 0.15) is 61.3 Å². The largest absolute Gasteiger partial charge is 0.447 e. The molecule has 38 heavy (non-hydrogen) atoms. The molecule has 1 fully saturated rings. The number of ether oxygens (including phenoxy) is 1. The standard InChI is InChI=1S/C31H45NO5Si/c1-22(2)27-21-36-30(35)32(27)29(34)24(4)28(33)19-18-23(3)20-37-38(31(5,6)7,25-14-10-8-11-15-25)26-16-12-9-13-17-26/h8-17,22-24,27-28,33H,18-21H2,1-7H3/t23-,24-,27+,28+/m1/s1. The van der Waals surface area contributed by atoms with Crippen LogP contribution in [0.5, 0.6) is 0 Å². The summed E-state index contributed by atoms with van der Waals surface area (Å²) in [6.45, 7) is 15.3. The highest BCUT2D eigenvalue weighted by atomic mass is 28.4. The Hall–Kier alpha value is -2.48. The summed E-state index contributed by atoms with van der Waals surface area (Å²) in [6.07, 6.45) is -0.304. The average Bonchev–Trinajstić information content (AvgIpc) is 3.28. The van der Waals surface area contributed by atoms with Gasteiger partial charge in [-0.25, -0.2) is 9.69 Å². The lowest BCUT2D eigenvalue weighted by Gasteiger charge is -2.43. The van der Waals surface area contributed by atoms with E-state index in [-0.39, 0.29) is 35.4 Å². The van der Waals surface area contributed by atoms with Crippen molar-refractivity contribution >= 4 is 30.7 Å². The van der Waals surface area contributed by atoms with Crippen molar-refractivity contribution < 1.29 is 23.9 Å². The summed E-state index contributed by atoms with van der Waals surface area (Å²) < 4.78 is 12.1. The molecule has 2 aromatic rings. The minimum atomic E-state index is -2.63. The molecule has 3 rings (SSSR count). The summed E-state index contributed by atoms with van der Waals surface area (Å²) in [7, 11) is -2.63. The van der Waals surface area contributed by atoms with Crippen LogP contribution < -0.4 is 10.4 Å². The monoisotopic (exact) mass is 539 g/mol. The Balaban J connectivity index is 1.69. The van der Waals surface area contributed by atoms with Crippen molar-refractivity contribution in [1.29, 1.82) is 0 Å². The Labute approximate surface area is 229 Å². The molecular formula is C31H45NO5Si. The number of nitrogens with zero attached hydrogens (tertiary/aromatic N) is 1. The van der Waals surface area contributed by atoms with Gasteiger partial charge in [-0.05, 0) is 40.1 Å². The van der Waals surface area contributed by atoms with Crippen LogP contribution in [0.25, 0.3) is 0 Å². The number of cyclic esters (lactones) is 1. The summed E-state index contributed by atoms with van der Waals surface area (Å²) in [5.74, 6) is -0.788. The van der Waals surface area contributed by atoms with Crippen molar-refractivity contribution in [3.05, 3.63) is 60.7 Å². The molecule has 7 heteroatoms. The first-order valence-corrected chi connectivity index (χ1v) is 15.7. The predicted molar refractivity (Wildman–Crippen MR) is 154 cm³/mol. The number of benzene rings is 2. The summed E-state index contributed by atoms with van der Waals surface area (Å²) in [6, 6.07) is 20.8. The van der Waals surface area contributed by atoms with Gasteiger partial charge < -0.3 is 14.3 Å². The molecule has 1 aliphatic heterocycles. The summed E-state index contributed by atoms with van der Waals surface area (Å²) >= 11 is 0. The van der Waals surface area contributed by atoms with Gasteiger partial charge >= 0.3 is 6.09 Å². The first-order chi connectivity index (χ1) is 17.9. The van der Waals surface area contributed by atoms with Crippen LogP contribution in [0.2, 0.25) is 5.04 Å². The average molecular weight is 540 g/mol. The third-order valence-corrected chi connectivity index (χ3v) is 12.8. The molecule has 0 aliphatic carbocycles. The number of aliphatic hydroxyl groups is 1. The van der Waals surface area contributed by atoms with Crippen LogP contribution in [-0.4, -0.2) is 55.7 Å². The van der Waals surface area contributed by atoms with Gasteiger partial charge in [-0.1, -0.05) is 109 Å². The normalized spacial score (nSPS) is 18.8. The molecule has 208 valence electrons. The van der Waals surface area contributed by atoms with E-state index >= 15 is 0 Å². The Morgan fingerprint density at radius 2 is 1.53 bits per heavy atom. The van der Waals surface area contributed by atoms with Gasteiger partial charge in [-0.2, -0.15) is 0 Å². The molecule has 4 atom stereocenters. The van der Waals surface area contributed by atoms with Gasteiger partial charge in [0.05, 0.1) is 18.1 Å². The fourth-order valence-electron chi connectivity index (χ4n) is 5.38. The molecule has 2 aromatic carbocycles. The second-order valence-corrected chi connectivity index (χ2v) is 16.4. The molecule has 0 radical (unpaired) electrons. The number of aliphatic hydroxyl groups excluding tert-OH is 1. The van der Waals surface area contributed by atoms with Gasteiger partial charge in [0.1, 0.15) is 6.61 Å². The fourth-order valence-corrected chi connectivity index (χ4v) is 10.1. The number of imide groups is 1. The highest BCUT2D eigenvalue weighted by Gasteiger charge is 2.50. The SMILES string of the molecule is CC(C)[C@@H]1COC(=O)N1C(=O)[C@H](C)[C@@H](O)CC[C@@H](C)CO[Si](c1ccccc1)(c1ccccc1)C(C)(C)C. The second kappa shape index (κ2) is 12.6. The number of hydrogen-bond acceptors (Lipinski definition) is 5. The highest BCUT2D eigenvalue weighted by molar-refractivity contribution is 6.99. The lowest BCUT2D eigenvalue weighted by molar-refractivity contribution is -0.137. The van der Waals surface area contributed by atoms with Crippen LogP contribution >= 0.6 is 0 Å². The lowest BCUT2D eigenvalue weighted by Crippen LogP contribution is -2.66. The van der Waals surface area contributed by atoms with Crippen LogP contribution in [0.3, 0.4) is 0 Å². The molecule has 0 bridgehead atoms. The molecule has 1 heterocycles. The Bertz CT molecular complexity index is 1010. The first-order valence-electron chi connectivity index (χ1n) is 13.8. The van der Waals surface area contributed by atoms with Crippen molar-refractivity contribution in [3.63, 3.8) is 0 Å². The van der Waals surface area contributed by atoms with E-state index in [4.69, 9.17) is 9.16 Å². The summed E-state index contributed by atoms with van der Waals surface area (Å²) in [5.41, 5.74) is 0. The molecule has 0 saturated carbocycles. The van der Waals surface area contributed by atoms with Crippen LogP contribution in [-0.2, 0) is 14.0 Å². The van der Waals surface area contributed by atoms with Crippen molar-refractivity contribution in [3.8, 4) is 0 Å². The van der Waals surface area contributed by atoms with Gasteiger partial charge in [0.15, 0.2) is 0 Å². The van der Waals surface area contributed by atoms with E-state index in [0.717, 1.165) is 0 Å². The molecule has 0 unspecified atom stereocenters. The van der Waals surface area contributed by atoms with Crippen LogP contribution in [0, 0.1) is 17.8 Å². The zero-order chi connectivity index (χ0) is 28.1. The minimum absolute atomic E-state index is 0.0911. The maximum Gasteiger partial charge on any atom is 0.416 e. The van der Waals surface area contributed by atoms with Crippen LogP contribution in [0.15, 0.2) is 60.7 Å². The number of amides is 2. The van der Waals surface area contributed by atoms with E-state index in [0.29, 0.717) is 19.4 Å². The zero-order valence-corrected chi connectivity index (χ0v) is 25.0. The van der Waals surface area contributed by atoms with Gasteiger partial charge in [-0.3, -0.25) is 4.79 Å². The number of carbonyl (C=O) groups excluding carboxylic acids is 2. The maximum absolute atomic E-state index is 13.1. The molecule has 1 saturated heterocycles. The second-order valence-electron chi connectivity index (χ2n) is 12.1. The van der Waals surface area contributed by atoms with E-state index in [1.165, 1.54) is 15.3 Å². The Kier molecular flexibility index (Phi) is 9.95. The molecule has 1 aliphatic rings. The zero-order valence-electron chi connectivity index (χ0n) is 24.0. The number of hydrogen-bond donors (Lipinski definition) is 1. The Morgan fingerprint density at radius 3 is 2.00 bits per heavy atom. The summed E-state index contributed by atoms with van der Waals surface area (Å²) in [5, 5.41) is 13.3. The predicted octanol–water partition coefficient (Wildman–Crippen LogP) is 4.98. The van der Waals surface area contributed by atoms with E-state index in [1.807, 2.05) is 26.0 Å². The van der Waals surface area contributed by atoms with Gasteiger partial charge in [-0.15, -0.1) is 0 Å². The van der Waals surface area contributed by atoms with Crippen LogP contribution in [0.4, 0.5) is 4.79 Å². The van der Waals surface area contributed by atoms with E-state index in [2.05, 4.69) is 76.2 Å². The number of carbonyl (C=O) groups is 2. The molecular weight excluding hydrogens is 494 g/mol. The van der Waals surface area contributed by atoms with Crippen molar-refractivity contribution in [1.82, 2.24) is 4.90 Å². The van der Waals surface area contributed by atoms with Gasteiger partial charge in [0.2, 0.25) is 5.91 Å². The van der Waals surface area contributed by atoms with E-state index in [9.17, 15) is 14.7 Å².